The molecule has 0 spiro atoms. The Hall–Kier alpha value is -2.51. The number of rotatable bonds is 4. The van der Waals surface area contributed by atoms with Crippen molar-refractivity contribution >= 4 is 56.9 Å². The molecule has 3 N–H and O–H groups in total. The highest BCUT2D eigenvalue weighted by Crippen LogP contribution is 2.13. The van der Waals surface area contributed by atoms with Gasteiger partial charge in [0.05, 0.1) is 0 Å². The summed E-state index contributed by atoms with van der Waals surface area (Å²) in [7, 11) is 0. The van der Waals surface area contributed by atoms with Crippen molar-refractivity contribution in [1.82, 2.24) is 5.32 Å². The lowest BCUT2D eigenvalue weighted by atomic mass is 10.2. The van der Waals surface area contributed by atoms with Crippen LogP contribution < -0.4 is 10.6 Å². The van der Waals surface area contributed by atoms with Gasteiger partial charge in [-0.2, -0.15) is 0 Å². The fraction of sp³-hybridized carbons (Fsp3) is 0. The van der Waals surface area contributed by atoms with E-state index in [-0.39, 0.29) is 11.0 Å². The molecule has 2 aromatic rings. The quantitative estimate of drug-likeness (QED) is 0.535. The van der Waals surface area contributed by atoms with Crippen LogP contribution in [0.3, 0.4) is 0 Å². The van der Waals surface area contributed by atoms with Crippen LogP contribution >= 0.6 is 28.1 Å². The number of benzene rings is 2. The maximum atomic E-state index is 12.1. The third kappa shape index (κ3) is 5.60. The van der Waals surface area contributed by atoms with Crippen molar-refractivity contribution in [2.24, 2.45) is 0 Å². The van der Waals surface area contributed by atoms with Gasteiger partial charge >= 0.3 is 5.97 Å². The summed E-state index contributed by atoms with van der Waals surface area (Å²) in [4.78, 5) is 22.6. The van der Waals surface area contributed by atoms with Gasteiger partial charge in [0.15, 0.2) is 5.11 Å². The third-order valence-corrected chi connectivity index (χ3v) is 3.63. The van der Waals surface area contributed by atoms with Crippen LogP contribution in [0.1, 0.15) is 15.9 Å². The zero-order chi connectivity index (χ0) is 17.5. The van der Waals surface area contributed by atoms with E-state index < -0.39 is 5.97 Å². The summed E-state index contributed by atoms with van der Waals surface area (Å²) in [6, 6.07) is 13.9. The van der Waals surface area contributed by atoms with Gasteiger partial charge in [0.1, 0.15) is 0 Å². The molecule has 1 amide bonds. The number of thiocarbonyl (C=S) groups is 1. The van der Waals surface area contributed by atoms with Crippen molar-refractivity contribution in [3.8, 4) is 0 Å². The van der Waals surface area contributed by atoms with Gasteiger partial charge in [0.25, 0.3) is 5.91 Å². The van der Waals surface area contributed by atoms with Crippen LogP contribution in [0.25, 0.3) is 6.08 Å². The zero-order valence-electron chi connectivity index (χ0n) is 12.3. The fourth-order valence-corrected chi connectivity index (χ4v) is 2.30. The standard InChI is InChI=1S/C17H13BrN2O3S/c18-13-7-5-12(6-8-13)16(23)20-17(24)19-14-3-1-2-11(10-14)4-9-15(21)22/h1-10H,(H,21,22)(H2,19,20,23,24)/b9-4+. The van der Waals surface area contributed by atoms with Gasteiger partial charge in [-0.05, 0) is 60.3 Å². The molecule has 0 heterocycles. The number of carbonyl (C=O) groups is 2. The van der Waals surface area contributed by atoms with E-state index in [1.54, 1.807) is 48.5 Å². The molecule has 0 fully saturated rings. The lowest BCUT2D eigenvalue weighted by Gasteiger charge is -2.10. The Bertz CT molecular complexity index is 804. The van der Waals surface area contributed by atoms with Crippen molar-refractivity contribution in [3.05, 3.63) is 70.2 Å². The van der Waals surface area contributed by atoms with Crippen LogP contribution in [0.2, 0.25) is 0 Å². The minimum atomic E-state index is -1.02. The number of nitrogens with one attached hydrogen (secondary N) is 2. The second-order valence-corrected chi connectivity index (χ2v) is 6.04. The predicted molar refractivity (Wildman–Crippen MR) is 101 cm³/mol. The number of amides is 1. The fourth-order valence-electron chi connectivity index (χ4n) is 1.83. The Morgan fingerprint density at radius 1 is 1.12 bits per heavy atom. The van der Waals surface area contributed by atoms with Crippen LogP contribution in [0.5, 0.6) is 0 Å². The number of aliphatic carboxylic acids is 1. The van der Waals surface area contributed by atoms with Gasteiger partial charge in [-0.15, -0.1) is 0 Å². The number of hydrogen-bond donors (Lipinski definition) is 3. The van der Waals surface area contributed by atoms with Gasteiger partial charge in [0, 0.05) is 21.8 Å². The molecular formula is C17H13BrN2O3S. The van der Waals surface area contributed by atoms with Crippen LogP contribution in [-0.2, 0) is 4.79 Å². The molecule has 0 aliphatic carbocycles. The first-order valence-corrected chi connectivity index (χ1v) is 8.03. The normalized spacial score (nSPS) is 10.4. The number of carbonyl (C=O) groups excluding carboxylic acids is 1. The van der Waals surface area contributed by atoms with Crippen LogP contribution in [0, 0.1) is 0 Å². The van der Waals surface area contributed by atoms with Crippen LogP contribution in [0.4, 0.5) is 5.69 Å². The topological polar surface area (TPSA) is 78.4 Å². The van der Waals surface area contributed by atoms with Crippen molar-refractivity contribution < 1.29 is 14.7 Å². The monoisotopic (exact) mass is 404 g/mol. The molecule has 0 saturated heterocycles. The van der Waals surface area contributed by atoms with Crippen LogP contribution in [-0.4, -0.2) is 22.1 Å². The summed E-state index contributed by atoms with van der Waals surface area (Å²) in [5.41, 5.74) is 1.83. The molecule has 0 atom stereocenters. The molecule has 0 saturated carbocycles. The largest absolute Gasteiger partial charge is 0.478 e. The second-order valence-electron chi connectivity index (χ2n) is 4.71. The summed E-state index contributed by atoms with van der Waals surface area (Å²) in [6.07, 6.45) is 2.52. The number of anilines is 1. The number of carboxylic acid groups (broad SMARTS) is 1. The lowest BCUT2D eigenvalue weighted by Crippen LogP contribution is -2.34. The molecule has 0 aliphatic rings. The van der Waals surface area contributed by atoms with Crippen molar-refractivity contribution in [2.45, 2.75) is 0 Å². The SMILES string of the molecule is O=C(O)/C=C/c1cccc(NC(=S)NC(=O)c2ccc(Br)cc2)c1. The molecule has 0 aromatic heterocycles. The smallest absolute Gasteiger partial charge is 0.328 e. The zero-order valence-corrected chi connectivity index (χ0v) is 14.7. The molecule has 5 nitrogen and oxygen atoms in total. The molecule has 0 bridgehead atoms. The van der Waals surface area contributed by atoms with Gasteiger partial charge in [0.2, 0.25) is 0 Å². The summed E-state index contributed by atoms with van der Waals surface area (Å²) < 4.78 is 0.881. The molecule has 122 valence electrons. The number of halogens is 1. The van der Waals surface area contributed by atoms with Crippen molar-refractivity contribution in [2.75, 3.05) is 5.32 Å². The highest BCUT2D eigenvalue weighted by atomic mass is 79.9. The average Bonchev–Trinajstić information content (AvgIpc) is 2.53. The van der Waals surface area contributed by atoms with E-state index >= 15 is 0 Å². The van der Waals surface area contributed by atoms with Gasteiger partial charge in [-0.25, -0.2) is 4.79 Å². The van der Waals surface area contributed by atoms with Crippen molar-refractivity contribution in [1.29, 1.82) is 0 Å². The summed E-state index contributed by atoms with van der Waals surface area (Å²) in [5.74, 6) is -1.34. The lowest BCUT2D eigenvalue weighted by molar-refractivity contribution is -0.131. The van der Waals surface area contributed by atoms with Gasteiger partial charge in [-0.3, -0.25) is 10.1 Å². The van der Waals surface area contributed by atoms with E-state index in [4.69, 9.17) is 17.3 Å². The Morgan fingerprint density at radius 2 is 1.83 bits per heavy atom. The Labute approximate surface area is 152 Å². The first-order chi connectivity index (χ1) is 11.4. The molecule has 0 aliphatic heterocycles. The molecule has 0 unspecified atom stereocenters. The molecule has 0 radical (unpaired) electrons. The maximum Gasteiger partial charge on any atom is 0.328 e. The molecule has 2 aromatic carbocycles. The highest BCUT2D eigenvalue weighted by Gasteiger charge is 2.07. The second kappa shape index (κ2) is 8.37. The van der Waals surface area contributed by atoms with Crippen LogP contribution in [0.15, 0.2) is 59.1 Å². The summed E-state index contributed by atoms with van der Waals surface area (Å²) in [6.45, 7) is 0. The number of hydrogen-bond acceptors (Lipinski definition) is 3. The summed E-state index contributed by atoms with van der Waals surface area (Å²) in [5, 5.41) is 14.3. The highest BCUT2D eigenvalue weighted by molar-refractivity contribution is 9.10. The molecule has 24 heavy (non-hydrogen) atoms. The molecular weight excluding hydrogens is 392 g/mol. The Kier molecular flexibility index (Phi) is 6.22. The summed E-state index contributed by atoms with van der Waals surface area (Å²) >= 11 is 8.43. The Balaban J connectivity index is 1.99. The van der Waals surface area contributed by atoms with E-state index in [2.05, 4.69) is 26.6 Å². The predicted octanol–water partition coefficient (Wildman–Crippen LogP) is 3.67. The van der Waals surface area contributed by atoms with E-state index in [1.807, 2.05) is 0 Å². The minimum absolute atomic E-state index is 0.155. The Morgan fingerprint density at radius 3 is 2.50 bits per heavy atom. The average molecular weight is 405 g/mol. The first kappa shape index (κ1) is 17.8. The third-order valence-electron chi connectivity index (χ3n) is 2.90. The van der Waals surface area contributed by atoms with E-state index in [0.717, 1.165) is 10.5 Å². The van der Waals surface area contributed by atoms with Gasteiger partial charge < -0.3 is 10.4 Å². The van der Waals surface area contributed by atoms with E-state index in [9.17, 15) is 9.59 Å². The minimum Gasteiger partial charge on any atom is -0.478 e. The molecule has 2 rings (SSSR count). The van der Waals surface area contributed by atoms with E-state index in [0.29, 0.717) is 16.8 Å². The van der Waals surface area contributed by atoms with Crippen molar-refractivity contribution in [3.63, 3.8) is 0 Å². The van der Waals surface area contributed by atoms with Gasteiger partial charge in [-0.1, -0.05) is 28.1 Å². The van der Waals surface area contributed by atoms with E-state index in [1.165, 1.54) is 6.08 Å². The molecule has 7 heteroatoms. The maximum absolute atomic E-state index is 12.1. The number of carboxylic acids is 1. The first-order valence-electron chi connectivity index (χ1n) is 6.83.